The summed E-state index contributed by atoms with van der Waals surface area (Å²) in [6.45, 7) is -0.348. The van der Waals surface area contributed by atoms with Gasteiger partial charge in [0.1, 0.15) is 12.1 Å². The molecule has 0 fully saturated rings. The molecule has 1 aromatic rings. The molecule has 0 aliphatic heterocycles. The van der Waals surface area contributed by atoms with E-state index in [0.717, 1.165) is 5.56 Å². The fraction of sp³-hybridized carbons (Fsp3) is 0.474. The van der Waals surface area contributed by atoms with Crippen LogP contribution in [0, 0.1) is 0 Å². The summed E-state index contributed by atoms with van der Waals surface area (Å²) >= 11 is 5.38. The Bertz CT molecular complexity index is 720. The van der Waals surface area contributed by atoms with Gasteiger partial charge in [-0.05, 0) is 30.4 Å². The van der Waals surface area contributed by atoms with E-state index in [9.17, 15) is 19.2 Å². The van der Waals surface area contributed by atoms with Crippen LogP contribution in [0.5, 0.6) is 0 Å². The Morgan fingerprint density at radius 1 is 1.10 bits per heavy atom. The zero-order chi connectivity index (χ0) is 22.5. The van der Waals surface area contributed by atoms with Gasteiger partial charge in [-0.2, -0.15) is 24.4 Å². The molecule has 0 aliphatic carbocycles. The van der Waals surface area contributed by atoms with Crippen molar-refractivity contribution >= 4 is 48.1 Å². The van der Waals surface area contributed by atoms with E-state index >= 15 is 0 Å². The van der Waals surface area contributed by atoms with Crippen LogP contribution in [0.4, 0.5) is 0 Å². The van der Waals surface area contributed by atoms with Crippen molar-refractivity contribution < 1.29 is 24.3 Å². The number of aliphatic carboxylic acids is 1. The predicted octanol–water partition coefficient (Wildman–Crippen LogP) is -0.590. The summed E-state index contributed by atoms with van der Waals surface area (Å²) < 4.78 is 0. The molecular weight excluding hydrogens is 428 g/mol. The van der Waals surface area contributed by atoms with Gasteiger partial charge in [-0.3, -0.25) is 14.4 Å². The molecule has 9 nitrogen and oxygen atoms in total. The number of hydrogen-bond donors (Lipinski definition) is 6. The quantitative estimate of drug-likeness (QED) is 0.217. The van der Waals surface area contributed by atoms with E-state index in [4.69, 9.17) is 10.8 Å². The highest BCUT2D eigenvalue weighted by atomic mass is 32.2. The number of carboxylic acid groups (broad SMARTS) is 1. The van der Waals surface area contributed by atoms with E-state index in [1.807, 2.05) is 36.6 Å². The van der Waals surface area contributed by atoms with Gasteiger partial charge in [-0.1, -0.05) is 30.3 Å². The number of nitrogens with one attached hydrogen (secondary N) is 3. The van der Waals surface area contributed by atoms with Crippen molar-refractivity contribution in [3.8, 4) is 0 Å². The van der Waals surface area contributed by atoms with Crippen molar-refractivity contribution in [3.05, 3.63) is 35.9 Å². The molecular formula is C19H28N4O5S2. The van der Waals surface area contributed by atoms with Gasteiger partial charge < -0.3 is 26.8 Å². The predicted molar refractivity (Wildman–Crippen MR) is 119 cm³/mol. The van der Waals surface area contributed by atoms with Gasteiger partial charge in [-0.15, -0.1) is 0 Å². The van der Waals surface area contributed by atoms with E-state index < -0.39 is 41.8 Å². The summed E-state index contributed by atoms with van der Waals surface area (Å²) in [5.41, 5.74) is 6.77. The van der Waals surface area contributed by atoms with Crippen LogP contribution in [-0.4, -0.2) is 71.2 Å². The van der Waals surface area contributed by atoms with Gasteiger partial charge >= 0.3 is 5.97 Å². The third-order valence-electron chi connectivity index (χ3n) is 4.12. The minimum absolute atomic E-state index is 0.0837. The fourth-order valence-corrected chi connectivity index (χ4v) is 3.19. The van der Waals surface area contributed by atoms with Crippen LogP contribution in [0.25, 0.3) is 0 Å². The molecule has 0 saturated carbocycles. The van der Waals surface area contributed by atoms with E-state index in [1.54, 1.807) is 0 Å². The van der Waals surface area contributed by atoms with Crippen LogP contribution in [-0.2, 0) is 25.6 Å². The SMILES string of the molecule is CSCCC(NC(=O)CNC(=O)C(N)Cc1ccccc1)C(=O)NC(CS)C(=O)O. The van der Waals surface area contributed by atoms with Crippen LogP contribution >= 0.6 is 24.4 Å². The molecule has 11 heteroatoms. The monoisotopic (exact) mass is 456 g/mol. The van der Waals surface area contributed by atoms with Gasteiger partial charge in [0.15, 0.2) is 0 Å². The molecule has 3 unspecified atom stereocenters. The minimum Gasteiger partial charge on any atom is -0.480 e. The summed E-state index contributed by atoms with van der Waals surface area (Å²) in [6.07, 6.45) is 2.48. The number of carbonyl (C=O) groups is 4. The number of carboxylic acids is 1. The average molecular weight is 457 g/mol. The second-order valence-corrected chi connectivity index (χ2v) is 7.85. The summed E-state index contributed by atoms with van der Waals surface area (Å²) in [7, 11) is 0. The summed E-state index contributed by atoms with van der Waals surface area (Å²) in [5.74, 6) is -2.40. The normalized spacial score (nSPS) is 13.6. The molecule has 3 atom stereocenters. The maximum Gasteiger partial charge on any atom is 0.327 e. The molecule has 6 N–H and O–H groups in total. The topological polar surface area (TPSA) is 151 Å². The van der Waals surface area contributed by atoms with Crippen molar-refractivity contribution in [2.75, 3.05) is 24.3 Å². The lowest BCUT2D eigenvalue weighted by atomic mass is 10.1. The molecule has 0 aliphatic rings. The van der Waals surface area contributed by atoms with Crippen molar-refractivity contribution in [2.24, 2.45) is 5.73 Å². The number of hydrogen-bond acceptors (Lipinski definition) is 7. The smallest absolute Gasteiger partial charge is 0.327 e. The highest BCUT2D eigenvalue weighted by Crippen LogP contribution is 2.03. The van der Waals surface area contributed by atoms with E-state index in [1.165, 1.54) is 11.8 Å². The van der Waals surface area contributed by atoms with Gasteiger partial charge in [0.25, 0.3) is 0 Å². The number of carbonyl (C=O) groups excluding carboxylic acids is 3. The Hall–Kier alpha value is -2.24. The lowest BCUT2D eigenvalue weighted by Gasteiger charge is -2.21. The Balaban J connectivity index is 2.56. The Labute approximate surface area is 185 Å². The van der Waals surface area contributed by atoms with Crippen LogP contribution < -0.4 is 21.7 Å². The maximum absolute atomic E-state index is 12.4. The minimum atomic E-state index is -1.21. The third-order valence-corrected chi connectivity index (χ3v) is 5.13. The first-order valence-corrected chi connectivity index (χ1v) is 11.3. The zero-order valence-electron chi connectivity index (χ0n) is 16.7. The summed E-state index contributed by atoms with van der Waals surface area (Å²) in [6, 6.07) is 6.34. The van der Waals surface area contributed by atoms with E-state index in [2.05, 4.69) is 28.6 Å². The molecule has 0 spiro atoms. The standard InChI is InChI=1S/C19H28N4O5S2/c1-30-8-7-14(18(26)23-15(11-29)19(27)28)22-16(24)10-21-17(25)13(20)9-12-5-3-2-4-6-12/h2-6,13-15,29H,7-11,20H2,1H3,(H,21,25)(H,22,24)(H,23,26)(H,27,28). The molecule has 0 radical (unpaired) electrons. The van der Waals surface area contributed by atoms with Crippen molar-refractivity contribution in [2.45, 2.75) is 31.0 Å². The Morgan fingerprint density at radius 2 is 1.77 bits per heavy atom. The first-order valence-electron chi connectivity index (χ1n) is 9.28. The van der Waals surface area contributed by atoms with Gasteiger partial charge in [-0.25, -0.2) is 4.79 Å². The molecule has 0 saturated heterocycles. The van der Waals surface area contributed by atoms with E-state index in [0.29, 0.717) is 18.6 Å². The average Bonchev–Trinajstić information content (AvgIpc) is 2.73. The van der Waals surface area contributed by atoms with Crippen LogP contribution in [0.15, 0.2) is 30.3 Å². The maximum atomic E-state index is 12.4. The Kier molecular flexibility index (Phi) is 11.9. The van der Waals surface area contributed by atoms with E-state index in [-0.39, 0.29) is 12.3 Å². The largest absolute Gasteiger partial charge is 0.480 e. The van der Waals surface area contributed by atoms with Crippen LogP contribution in [0.2, 0.25) is 0 Å². The molecule has 1 aromatic carbocycles. The number of rotatable bonds is 13. The lowest BCUT2D eigenvalue weighted by molar-refractivity contribution is -0.141. The van der Waals surface area contributed by atoms with Crippen LogP contribution in [0.1, 0.15) is 12.0 Å². The first-order chi connectivity index (χ1) is 14.3. The van der Waals surface area contributed by atoms with Gasteiger partial charge in [0.05, 0.1) is 12.6 Å². The number of thiol groups is 1. The van der Waals surface area contributed by atoms with Crippen LogP contribution in [0.3, 0.4) is 0 Å². The molecule has 0 aromatic heterocycles. The zero-order valence-corrected chi connectivity index (χ0v) is 18.4. The second kappa shape index (κ2) is 13.9. The van der Waals surface area contributed by atoms with Gasteiger partial charge in [0, 0.05) is 5.75 Å². The number of benzene rings is 1. The molecule has 166 valence electrons. The number of thioether (sulfide) groups is 1. The molecule has 3 amide bonds. The molecule has 30 heavy (non-hydrogen) atoms. The third kappa shape index (κ3) is 9.51. The number of nitrogens with two attached hydrogens (primary N) is 1. The second-order valence-electron chi connectivity index (χ2n) is 6.50. The molecule has 0 bridgehead atoms. The van der Waals surface area contributed by atoms with Crippen molar-refractivity contribution in [1.29, 1.82) is 0 Å². The molecule has 0 heterocycles. The lowest BCUT2D eigenvalue weighted by Crippen LogP contribution is -2.54. The van der Waals surface area contributed by atoms with Crippen molar-refractivity contribution in [3.63, 3.8) is 0 Å². The fourth-order valence-electron chi connectivity index (χ4n) is 2.47. The van der Waals surface area contributed by atoms with Gasteiger partial charge in [0.2, 0.25) is 17.7 Å². The summed E-state index contributed by atoms with van der Waals surface area (Å²) in [5, 5.41) is 16.4. The molecule has 1 rings (SSSR count). The highest BCUT2D eigenvalue weighted by molar-refractivity contribution is 7.98. The highest BCUT2D eigenvalue weighted by Gasteiger charge is 2.25. The summed E-state index contributed by atoms with van der Waals surface area (Å²) in [4.78, 5) is 47.8. The number of amides is 3. The van der Waals surface area contributed by atoms with Crippen molar-refractivity contribution in [1.82, 2.24) is 16.0 Å². The Morgan fingerprint density at radius 3 is 2.33 bits per heavy atom. The first kappa shape index (κ1) is 25.8.